The van der Waals surface area contributed by atoms with Gasteiger partial charge in [-0.2, -0.15) is 5.10 Å². The van der Waals surface area contributed by atoms with E-state index in [0.29, 0.717) is 17.4 Å². The summed E-state index contributed by atoms with van der Waals surface area (Å²) in [6.45, 7) is 0.109. The summed E-state index contributed by atoms with van der Waals surface area (Å²) in [5.74, 6) is -0.378. The van der Waals surface area contributed by atoms with E-state index in [1.165, 1.54) is 36.6 Å². The lowest BCUT2D eigenvalue weighted by molar-refractivity contribution is -0.165. The Balaban J connectivity index is 1.82. The summed E-state index contributed by atoms with van der Waals surface area (Å²) in [6, 6.07) is 11.9. The molecule has 1 unspecified atom stereocenters. The van der Waals surface area contributed by atoms with E-state index in [9.17, 15) is 9.90 Å². The maximum Gasteiger partial charge on any atom is 0.344 e. The maximum atomic E-state index is 12.3. The van der Waals surface area contributed by atoms with Crippen LogP contribution in [0.5, 0.6) is 5.75 Å². The van der Waals surface area contributed by atoms with Crippen molar-refractivity contribution >= 4 is 29.2 Å². The number of hydrogen-bond donors (Lipinski definition) is 1. The molecule has 0 aliphatic rings. The zero-order valence-electron chi connectivity index (χ0n) is 14.9. The number of esters is 1. The van der Waals surface area contributed by atoms with E-state index in [0.717, 1.165) is 5.56 Å². The van der Waals surface area contributed by atoms with E-state index in [2.05, 4.69) is 10.1 Å². The molecule has 0 aliphatic carbocycles. The van der Waals surface area contributed by atoms with Gasteiger partial charge in [0.15, 0.2) is 0 Å². The number of benzene rings is 2. The first-order valence-electron chi connectivity index (χ1n) is 8.23. The average Bonchev–Trinajstić information content (AvgIpc) is 3.19. The smallest absolute Gasteiger partial charge is 0.344 e. The topological polar surface area (TPSA) is 86.5 Å². The Morgan fingerprint density at radius 1 is 1.21 bits per heavy atom. The molecule has 146 valence electrons. The lowest BCUT2D eigenvalue weighted by atomic mass is 9.93. The van der Waals surface area contributed by atoms with Gasteiger partial charge >= 0.3 is 5.97 Å². The highest BCUT2D eigenvalue weighted by molar-refractivity contribution is 6.32. The summed E-state index contributed by atoms with van der Waals surface area (Å²) in [4.78, 5) is 16.1. The Kier molecular flexibility index (Phi) is 6.18. The molecule has 0 fully saturated rings. The predicted octanol–water partition coefficient (Wildman–Crippen LogP) is 3.22. The zero-order valence-corrected chi connectivity index (χ0v) is 16.4. The average molecular weight is 422 g/mol. The Morgan fingerprint density at radius 3 is 2.57 bits per heavy atom. The first-order chi connectivity index (χ1) is 13.4. The second-order valence-corrected chi connectivity index (χ2v) is 6.85. The fourth-order valence-electron chi connectivity index (χ4n) is 2.65. The number of carbonyl (C=O) groups is 1. The van der Waals surface area contributed by atoms with E-state index in [4.69, 9.17) is 32.7 Å². The number of nitrogens with zero attached hydrogens (tertiary/aromatic N) is 3. The monoisotopic (exact) mass is 421 g/mol. The van der Waals surface area contributed by atoms with Gasteiger partial charge in [-0.15, -0.1) is 0 Å². The molecule has 0 saturated carbocycles. The number of rotatable bonds is 7. The summed E-state index contributed by atoms with van der Waals surface area (Å²) in [5, 5.41) is 15.7. The molecule has 0 saturated heterocycles. The van der Waals surface area contributed by atoms with Crippen LogP contribution in [0.3, 0.4) is 0 Å². The Hall–Kier alpha value is -2.61. The Labute approximate surface area is 171 Å². The van der Waals surface area contributed by atoms with Crippen molar-refractivity contribution in [2.45, 2.75) is 18.8 Å². The van der Waals surface area contributed by atoms with Gasteiger partial charge in [-0.1, -0.05) is 41.4 Å². The van der Waals surface area contributed by atoms with Crippen LogP contribution in [0, 0.1) is 0 Å². The van der Waals surface area contributed by atoms with Gasteiger partial charge in [-0.3, -0.25) is 0 Å². The summed E-state index contributed by atoms with van der Waals surface area (Å²) in [6.07, 6.45) is 2.68. The van der Waals surface area contributed by atoms with Gasteiger partial charge < -0.3 is 14.6 Å². The molecule has 1 N–H and O–H groups in total. The molecule has 0 aliphatic heterocycles. The predicted molar refractivity (Wildman–Crippen MR) is 103 cm³/mol. The van der Waals surface area contributed by atoms with Crippen LogP contribution >= 0.6 is 23.2 Å². The van der Waals surface area contributed by atoms with E-state index < -0.39 is 11.6 Å². The summed E-state index contributed by atoms with van der Waals surface area (Å²) in [5.41, 5.74) is -0.925. The molecule has 0 amide bonds. The third kappa shape index (κ3) is 4.44. The van der Waals surface area contributed by atoms with Crippen LogP contribution in [-0.2, 0) is 28.3 Å². The van der Waals surface area contributed by atoms with E-state index >= 15 is 0 Å². The largest absolute Gasteiger partial charge is 0.489 e. The highest BCUT2D eigenvalue weighted by Crippen LogP contribution is 2.33. The fraction of sp³-hybridized carbons (Fsp3) is 0.211. The molecular weight excluding hydrogens is 405 g/mol. The molecular formula is C19H17Cl2N3O4. The van der Waals surface area contributed by atoms with Crippen molar-refractivity contribution in [1.82, 2.24) is 14.8 Å². The van der Waals surface area contributed by atoms with Crippen LogP contribution < -0.4 is 4.74 Å². The minimum atomic E-state index is -2.03. The third-order valence-corrected chi connectivity index (χ3v) is 4.65. The number of carbonyl (C=O) groups excluding carboxylic acids is 1. The quantitative estimate of drug-likeness (QED) is 0.589. The summed E-state index contributed by atoms with van der Waals surface area (Å²) in [7, 11) is 1.19. The van der Waals surface area contributed by atoms with Crippen molar-refractivity contribution in [3.05, 3.63) is 76.3 Å². The Morgan fingerprint density at radius 2 is 1.96 bits per heavy atom. The molecule has 1 atom stereocenters. The molecule has 0 bridgehead atoms. The first-order valence-corrected chi connectivity index (χ1v) is 8.98. The van der Waals surface area contributed by atoms with E-state index in [-0.39, 0.29) is 17.1 Å². The molecule has 0 radical (unpaired) electrons. The minimum absolute atomic E-state index is 0.154. The summed E-state index contributed by atoms with van der Waals surface area (Å²) >= 11 is 12.2. The van der Waals surface area contributed by atoms with Gasteiger partial charge in [0.25, 0.3) is 0 Å². The van der Waals surface area contributed by atoms with Gasteiger partial charge in [0.05, 0.1) is 18.7 Å². The molecule has 28 heavy (non-hydrogen) atoms. The second kappa shape index (κ2) is 8.60. The van der Waals surface area contributed by atoms with Gasteiger partial charge in [0, 0.05) is 10.6 Å². The van der Waals surface area contributed by atoms with E-state index in [1.54, 1.807) is 18.2 Å². The van der Waals surface area contributed by atoms with Gasteiger partial charge in [0.2, 0.25) is 5.60 Å². The van der Waals surface area contributed by atoms with Crippen LogP contribution in [0.25, 0.3) is 0 Å². The summed E-state index contributed by atoms with van der Waals surface area (Å²) < 4.78 is 11.8. The van der Waals surface area contributed by atoms with Crippen molar-refractivity contribution in [1.29, 1.82) is 0 Å². The van der Waals surface area contributed by atoms with Crippen molar-refractivity contribution in [2.24, 2.45) is 0 Å². The molecule has 2 aromatic carbocycles. The molecule has 0 spiro atoms. The van der Waals surface area contributed by atoms with Crippen LogP contribution in [-0.4, -0.2) is 33.0 Å². The van der Waals surface area contributed by atoms with Crippen LogP contribution in [0.4, 0.5) is 0 Å². The number of ether oxygens (including phenoxy) is 2. The van der Waals surface area contributed by atoms with E-state index in [1.807, 2.05) is 12.1 Å². The van der Waals surface area contributed by atoms with Crippen molar-refractivity contribution in [3.8, 4) is 5.75 Å². The maximum absolute atomic E-state index is 12.3. The normalized spacial score (nSPS) is 13.0. The number of aliphatic hydroxyl groups is 1. The minimum Gasteiger partial charge on any atom is -0.489 e. The molecule has 9 heteroatoms. The van der Waals surface area contributed by atoms with Crippen molar-refractivity contribution < 1.29 is 19.4 Å². The standard InChI is InChI=1S/C19H17Cl2N3O4/c1-27-18(25)19(26,10-24-12-22-11-23-24)16-7-6-15(8-17(16)21)28-9-13-2-4-14(20)5-3-13/h2-8,11-12,26H,9-10H2,1H3. The van der Waals surface area contributed by atoms with Crippen molar-refractivity contribution in [3.63, 3.8) is 0 Å². The molecule has 1 aromatic heterocycles. The zero-order chi connectivity index (χ0) is 20.1. The van der Waals surface area contributed by atoms with Gasteiger partial charge in [-0.05, 0) is 29.8 Å². The second-order valence-electron chi connectivity index (χ2n) is 6.00. The van der Waals surface area contributed by atoms with Crippen LogP contribution in [0.2, 0.25) is 10.0 Å². The number of methoxy groups -OCH3 is 1. The third-order valence-electron chi connectivity index (χ3n) is 4.09. The van der Waals surface area contributed by atoms with Crippen molar-refractivity contribution in [2.75, 3.05) is 7.11 Å². The van der Waals surface area contributed by atoms with Crippen LogP contribution in [0.1, 0.15) is 11.1 Å². The SMILES string of the molecule is COC(=O)C(O)(Cn1cncn1)c1ccc(OCc2ccc(Cl)cc2)cc1Cl. The molecule has 1 heterocycles. The fourth-order valence-corrected chi connectivity index (χ4v) is 3.10. The molecule has 7 nitrogen and oxygen atoms in total. The van der Waals surface area contributed by atoms with Gasteiger partial charge in [0.1, 0.15) is 25.0 Å². The lowest BCUT2D eigenvalue weighted by Crippen LogP contribution is -2.41. The molecule has 3 aromatic rings. The lowest BCUT2D eigenvalue weighted by Gasteiger charge is -2.26. The highest BCUT2D eigenvalue weighted by Gasteiger charge is 2.42. The van der Waals surface area contributed by atoms with Crippen LogP contribution in [0.15, 0.2) is 55.1 Å². The number of aromatic nitrogens is 3. The number of halogens is 2. The Bertz CT molecular complexity index is 948. The van der Waals surface area contributed by atoms with Gasteiger partial charge in [-0.25, -0.2) is 14.5 Å². The molecule has 3 rings (SSSR count). The number of hydrogen-bond acceptors (Lipinski definition) is 6. The highest BCUT2D eigenvalue weighted by atomic mass is 35.5. The first kappa shape index (κ1) is 20.1.